The van der Waals surface area contributed by atoms with E-state index in [-0.39, 0.29) is 18.0 Å². The third-order valence-electron chi connectivity index (χ3n) is 3.84. The van der Waals surface area contributed by atoms with Gasteiger partial charge >= 0.3 is 5.97 Å². The first-order valence-corrected chi connectivity index (χ1v) is 6.88. The van der Waals surface area contributed by atoms with E-state index in [9.17, 15) is 4.79 Å². The van der Waals surface area contributed by atoms with Gasteiger partial charge in [-0.25, -0.2) is 0 Å². The average molecular weight is 242 g/mol. The summed E-state index contributed by atoms with van der Waals surface area (Å²) < 4.78 is 11.2. The normalized spacial score (nSPS) is 28.6. The SMILES string of the molecule is CCCOC1CCCC1(C(=O)OCC)C(C)C. The maximum atomic E-state index is 12.3. The van der Waals surface area contributed by atoms with Gasteiger partial charge < -0.3 is 9.47 Å². The van der Waals surface area contributed by atoms with Crippen LogP contribution in [0, 0.1) is 11.3 Å². The van der Waals surface area contributed by atoms with Crippen molar-refractivity contribution in [3.8, 4) is 0 Å². The first-order valence-electron chi connectivity index (χ1n) is 6.88. The molecule has 1 rings (SSSR count). The van der Waals surface area contributed by atoms with Crippen LogP contribution in [0.5, 0.6) is 0 Å². The summed E-state index contributed by atoms with van der Waals surface area (Å²) in [5.74, 6) is 0.208. The fourth-order valence-corrected chi connectivity index (χ4v) is 2.89. The summed E-state index contributed by atoms with van der Waals surface area (Å²) in [7, 11) is 0. The highest BCUT2D eigenvalue weighted by Crippen LogP contribution is 2.47. The Balaban J connectivity index is 2.84. The minimum Gasteiger partial charge on any atom is -0.465 e. The Labute approximate surface area is 105 Å². The largest absolute Gasteiger partial charge is 0.465 e. The third kappa shape index (κ3) is 2.82. The van der Waals surface area contributed by atoms with Gasteiger partial charge in [0.15, 0.2) is 0 Å². The molecule has 2 atom stereocenters. The summed E-state index contributed by atoms with van der Waals surface area (Å²) in [6.07, 6.45) is 3.98. The molecule has 0 bridgehead atoms. The Kier molecular flexibility index (Phi) is 5.44. The standard InChI is InChI=1S/C14H26O3/c1-5-10-17-12-8-7-9-14(12,11(3)4)13(15)16-6-2/h11-12H,5-10H2,1-4H3. The highest BCUT2D eigenvalue weighted by atomic mass is 16.5. The zero-order valence-electron chi connectivity index (χ0n) is 11.6. The molecule has 0 spiro atoms. The van der Waals surface area contributed by atoms with Crippen molar-refractivity contribution >= 4 is 5.97 Å². The fourth-order valence-electron chi connectivity index (χ4n) is 2.89. The van der Waals surface area contributed by atoms with Gasteiger partial charge in [0.05, 0.1) is 18.1 Å². The van der Waals surface area contributed by atoms with Crippen molar-refractivity contribution in [2.45, 2.75) is 59.5 Å². The van der Waals surface area contributed by atoms with Crippen LogP contribution in [0.2, 0.25) is 0 Å². The predicted octanol–water partition coefficient (Wildman–Crippen LogP) is 3.17. The molecule has 1 aliphatic rings. The zero-order valence-corrected chi connectivity index (χ0v) is 11.6. The first kappa shape index (κ1) is 14.5. The molecule has 100 valence electrons. The van der Waals surface area contributed by atoms with Gasteiger partial charge in [-0.3, -0.25) is 4.79 Å². The Hall–Kier alpha value is -0.570. The lowest BCUT2D eigenvalue weighted by Gasteiger charge is -2.36. The maximum absolute atomic E-state index is 12.3. The minimum absolute atomic E-state index is 0.0431. The summed E-state index contributed by atoms with van der Waals surface area (Å²) in [6.45, 7) is 9.35. The highest BCUT2D eigenvalue weighted by molar-refractivity contribution is 5.78. The number of hydrogen-bond donors (Lipinski definition) is 0. The van der Waals surface area contributed by atoms with Crippen LogP contribution in [0.3, 0.4) is 0 Å². The van der Waals surface area contributed by atoms with Crippen molar-refractivity contribution in [2.24, 2.45) is 11.3 Å². The predicted molar refractivity (Wildman–Crippen MR) is 67.8 cm³/mol. The van der Waals surface area contributed by atoms with E-state index in [1.54, 1.807) is 0 Å². The van der Waals surface area contributed by atoms with Crippen LogP contribution < -0.4 is 0 Å². The second-order valence-electron chi connectivity index (χ2n) is 5.17. The quantitative estimate of drug-likeness (QED) is 0.671. The van der Waals surface area contributed by atoms with Crippen molar-refractivity contribution in [3.05, 3.63) is 0 Å². The van der Waals surface area contributed by atoms with Crippen molar-refractivity contribution < 1.29 is 14.3 Å². The fraction of sp³-hybridized carbons (Fsp3) is 0.929. The van der Waals surface area contributed by atoms with E-state index >= 15 is 0 Å². The molecule has 0 aromatic carbocycles. The van der Waals surface area contributed by atoms with Gasteiger partial charge in [-0.1, -0.05) is 20.8 Å². The molecule has 1 fully saturated rings. The zero-order chi connectivity index (χ0) is 12.9. The molecule has 1 aliphatic carbocycles. The van der Waals surface area contributed by atoms with E-state index < -0.39 is 5.41 Å². The molecule has 0 aromatic heterocycles. The molecule has 3 heteroatoms. The summed E-state index contributed by atoms with van der Waals surface area (Å²) in [5, 5.41) is 0. The Morgan fingerprint density at radius 3 is 2.65 bits per heavy atom. The van der Waals surface area contributed by atoms with Crippen LogP contribution in [-0.4, -0.2) is 25.3 Å². The van der Waals surface area contributed by atoms with Gasteiger partial charge in [-0.2, -0.15) is 0 Å². The van der Waals surface area contributed by atoms with Gasteiger partial charge in [0, 0.05) is 6.61 Å². The summed E-state index contributed by atoms with van der Waals surface area (Å²) >= 11 is 0. The average Bonchev–Trinajstić information content (AvgIpc) is 2.71. The molecule has 0 aliphatic heterocycles. The van der Waals surface area contributed by atoms with Crippen molar-refractivity contribution in [1.29, 1.82) is 0 Å². The van der Waals surface area contributed by atoms with Gasteiger partial charge in [-0.15, -0.1) is 0 Å². The summed E-state index contributed by atoms with van der Waals surface area (Å²) in [5.41, 5.74) is -0.412. The maximum Gasteiger partial charge on any atom is 0.314 e. The molecule has 0 aromatic rings. The number of ether oxygens (including phenoxy) is 2. The van der Waals surface area contributed by atoms with E-state index in [1.807, 2.05) is 6.92 Å². The monoisotopic (exact) mass is 242 g/mol. The molecule has 0 saturated heterocycles. The van der Waals surface area contributed by atoms with Gasteiger partial charge in [0.2, 0.25) is 0 Å². The Morgan fingerprint density at radius 1 is 1.41 bits per heavy atom. The lowest BCUT2D eigenvalue weighted by Crippen LogP contribution is -2.45. The van der Waals surface area contributed by atoms with Gasteiger partial charge in [0.25, 0.3) is 0 Å². The van der Waals surface area contributed by atoms with Crippen molar-refractivity contribution in [3.63, 3.8) is 0 Å². The Bertz CT molecular complexity index is 250. The molecule has 3 nitrogen and oxygen atoms in total. The third-order valence-corrected chi connectivity index (χ3v) is 3.84. The van der Waals surface area contributed by atoms with Crippen LogP contribution in [0.4, 0.5) is 0 Å². The lowest BCUT2D eigenvalue weighted by atomic mass is 9.74. The van der Waals surface area contributed by atoms with Crippen LogP contribution >= 0.6 is 0 Å². The first-order chi connectivity index (χ1) is 8.09. The Morgan fingerprint density at radius 2 is 2.12 bits per heavy atom. The molecule has 0 amide bonds. The molecule has 0 heterocycles. The minimum atomic E-state index is -0.412. The van der Waals surface area contributed by atoms with E-state index in [0.29, 0.717) is 6.61 Å². The summed E-state index contributed by atoms with van der Waals surface area (Å²) in [4.78, 5) is 12.3. The van der Waals surface area contributed by atoms with Crippen molar-refractivity contribution in [1.82, 2.24) is 0 Å². The van der Waals surface area contributed by atoms with Gasteiger partial charge in [-0.05, 0) is 38.5 Å². The second kappa shape index (κ2) is 6.39. The molecular formula is C14H26O3. The smallest absolute Gasteiger partial charge is 0.314 e. The second-order valence-corrected chi connectivity index (χ2v) is 5.17. The number of carbonyl (C=O) groups excluding carboxylic acids is 1. The van der Waals surface area contributed by atoms with Crippen LogP contribution in [-0.2, 0) is 14.3 Å². The topological polar surface area (TPSA) is 35.5 Å². The number of rotatable bonds is 6. The van der Waals surface area contributed by atoms with E-state index in [4.69, 9.17) is 9.47 Å². The summed E-state index contributed by atoms with van der Waals surface area (Å²) in [6, 6.07) is 0. The lowest BCUT2D eigenvalue weighted by molar-refractivity contribution is -0.168. The molecule has 17 heavy (non-hydrogen) atoms. The van der Waals surface area contributed by atoms with Crippen molar-refractivity contribution in [2.75, 3.05) is 13.2 Å². The van der Waals surface area contributed by atoms with E-state index in [0.717, 1.165) is 32.3 Å². The molecule has 1 saturated carbocycles. The number of carbonyl (C=O) groups is 1. The molecule has 0 N–H and O–H groups in total. The molecule has 0 radical (unpaired) electrons. The molecular weight excluding hydrogens is 216 g/mol. The van der Waals surface area contributed by atoms with Gasteiger partial charge in [0.1, 0.15) is 0 Å². The van der Waals surface area contributed by atoms with E-state index in [2.05, 4.69) is 20.8 Å². The number of esters is 1. The van der Waals surface area contributed by atoms with Crippen LogP contribution in [0.25, 0.3) is 0 Å². The van der Waals surface area contributed by atoms with Crippen LogP contribution in [0.15, 0.2) is 0 Å². The van der Waals surface area contributed by atoms with E-state index in [1.165, 1.54) is 0 Å². The van der Waals surface area contributed by atoms with Crippen LogP contribution in [0.1, 0.15) is 53.4 Å². The number of hydrogen-bond acceptors (Lipinski definition) is 3. The highest BCUT2D eigenvalue weighted by Gasteiger charge is 2.53. The molecule has 2 unspecified atom stereocenters.